The summed E-state index contributed by atoms with van der Waals surface area (Å²) in [5, 5.41) is 23.4. The van der Waals surface area contributed by atoms with Crippen LogP contribution < -0.4 is 10.1 Å². The molecule has 0 saturated carbocycles. The van der Waals surface area contributed by atoms with Gasteiger partial charge in [0.2, 0.25) is 5.91 Å². The van der Waals surface area contributed by atoms with Crippen molar-refractivity contribution < 1.29 is 9.53 Å². The lowest BCUT2D eigenvalue weighted by atomic mass is 10.0. The van der Waals surface area contributed by atoms with Gasteiger partial charge in [0.15, 0.2) is 0 Å². The molecule has 8 heteroatoms. The zero-order chi connectivity index (χ0) is 23.5. The first-order valence-electron chi connectivity index (χ1n) is 11.0. The van der Waals surface area contributed by atoms with Crippen molar-refractivity contribution in [2.75, 3.05) is 20.6 Å². The largest absolute Gasteiger partial charge is 0.490 e. The molecule has 0 bridgehead atoms. The molecule has 1 atom stereocenters. The molecule has 4 rings (SSSR count). The molecule has 1 amide bonds. The fraction of sp³-hybridized carbons (Fsp3) is 0.360. The van der Waals surface area contributed by atoms with E-state index in [1.807, 2.05) is 32.0 Å². The molecule has 1 heterocycles. The molecule has 1 aromatic heterocycles. The highest BCUT2D eigenvalue weighted by Crippen LogP contribution is 2.40. The summed E-state index contributed by atoms with van der Waals surface area (Å²) in [5.41, 5.74) is 4.89. The van der Waals surface area contributed by atoms with Crippen LogP contribution in [0.2, 0.25) is 0 Å². The van der Waals surface area contributed by atoms with Crippen LogP contribution >= 0.6 is 11.3 Å². The van der Waals surface area contributed by atoms with Crippen LogP contribution in [0.5, 0.6) is 5.75 Å². The van der Waals surface area contributed by atoms with Gasteiger partial charge in [-0.3, -0.25) is 4.79 Å². The fourth-order valence-corrected chi connectivity index (χ4v) is 4.88. The second-order valence-electron chi connectivity index (χ2n) is 8.54. The number of amides is 1. The molecule has 0 saturated heterocycles. The van der Waals surface area contributed by atoms with Crippen molar-refractivity contribution in [2.24, 2.45) is 0 Å². The molecule has 0 radical (unpaired) electrons. The second-order valence-corrected chi connectivity index (χ2v) is 9.51. The molecular weight excluding hydrogens is 434 g/mol. The van der Waals surface area contributed by atoms with Crippen LogP contribution in [0.4, 0.5) is 0 Å². The van der Waals surface area contributed by atoms with Gasteiger partial charge < -0.3 is 15.0 Å². The highest BCUT2D eigenvalue weighted by atomic mass is 32.1. The maximum atomic E-state index is 12.0. The number of nitrogens with zero attached hydrogens (tertiary/aromatic N) is 4. The van der Waals surface area contributed by atoms with Crippen LogP contribution in [0.15, 0.2) is 36.4 Å². The van der Waals surface area contributed by atoms with Crippen molar-refractivity contribution in [1.82, 2.24) is 20.4 Å². The third-order valence-electron chi connectivity index (χ3n) is 5.63. The first kappa shape index (κ1) is 22.9. The maximum absolute atomic E-state index is 12.0. The van der Waals surface area contributed by atoms with E-state index in [9.17, 15) is 10.1 Å². The minimum atomic E-state index is -0.00410. The monoisotopic (exact) mass is 461 g/mol. The third kappa shape index (κ3) is 4.90. The SMILES string of the molecule is CC(C)Oc1ccc(-c2nnc(-c3cccc4c3CC[C@H]4NCC(=O)N(C)C)s2)cc1C#N. The van der Waals surface area contributed by atoms with Crippen LogP contribution in [-0.4, -0.2) is 47.7 Å². The number of likely N-dealkylation sites (N-methyl/N-ethyl adjacent to an activating group) is 1. The second kappa shape index (κ2) is 9.69. The summed E-state index contributed by atoms with van der Waals surface area (Å²) in [5.74, 6) is 0.642. The van der Waals surface area contributed by atoms with Gasteiger partial charge >= 0.3 is 0 Å². The van der Waals surface area contributed by atoms with Crippen molar-refractivity contribution in [1.29, 1.82) is 5.26 Å². The van der Waals surface area contributed by atoms with E-state index >= 15 is 0 Å². The van der Waals surface area contributed by atoms with E-state index in [0.717, 1.165) is 34.0 Å². The van der Waals surface area contributed by atoms with Crippen LogP contribution in [0.3, 0.4) is 0 Å². The molecule has 170 valence electrons. The van der Waals surface area contributed by atoms with Crippen molar-refractivity contribution in [3.63, 3.8) is 0 Å². The molecule has 3 aromatic rings. The molecule has 7 nitrogen and oxygen atoms in total. The van der Waals surface area contributed by atoms with Crippen molar-refractivity contribution >= 4 is 17.2 Å². The Bertz CT molecular complexity index is 1210. The van der Waals surface area contributed by atoms with Crippen LogP contribution in [0, 0.1) is 11.3 Å². The Kier molecular flexibility index (Phi) is 6.72. The lowest BCUT2D eigenvalue weighted by molar-refractivity contribution is -0.127. The van der Waals surface area contributed by atoms with Gasteiger partial charge in [0.1, 0.15) is 21.8 Å². The van der Waals surface area contributed by atoms with Crippen molar-refractivity contribution in [3.05, 3.63) is 53.1 Å². The Balaban J connectivity index is 1.58. The Morgan fingerprint density at radius 2 is 2.06 bits per heavy atom. The van der Waals surface area contributed by atoms with Gasteiger partial charge in [-0.1, -0.05) is 29.5 Å². The number of carbonyl (C=O) groups excluding carboxylic acids is 1. The number of ether oxygens (including phenoxy) is 1. The molecule has 1 aliphatic carbocycles. The molecule has 1 N–H and O–H groups in total. The Morgan fingerprint density at radius 3 is 2.79 bits per heavy atom. The van der Waals surface area contributed by atoms with Gasteiger partial charge in [0.25, 0.3) is 0 Å². The molecule has 0 spiro atoms. The number of fused-ring (bicyclic) bond motifs is 1. The molecule has 33 heavy (non-hydrogen) atoms. The number of nitrogens with one attached hydrogen (secondary N) is 1. The van der Waals surface area contributed by atoms with Gasteiger partial charge in [-0.2, -0.15) is 5.26 Å². The average Bonchev–Trinajstić information content (AvgIpc) is 3.44. The van der Waals surface area contributed by atoms with Crippen molar-refractivity contribution in [2.45, 2.75) is 38.8 Å². The standard InChI is InChI=1S/C25H27N5O2S/c1-15(2)32-22-11-8-16(12-17(22)13-26)24-28-29-25(33-24)20-7-5-6-19-18(20)9-10-21(19)27-14-23(31)30(3)4/h5-8,11-12,15,21,27H,9-10,14H2,1-4H3/t21-/m1/s1. The van der Waals surface area contributed by atoms with Gasteiger partial charge in [-0.25, -0.2) is 0 Å². The highest BCUT2D eigenvalue weighted by molar-refractivity contribution is 7.17. The summed E-state index contributed by atoms with van der Waals surface area (Å²) >= 11 is 1.51. The van der Waals surface area contributed by atoms with Crippen molar-refractivity contribution in [3.8, 4) is 33.0 Å². The Morgan fingerprint density at radius 1 is 1.27 bits per heavy atom. The Hall–Kier alpha value is -3.28. The molecule has 0 aliphatic heterocycles. The number of aromatic nitrogens is 2. The van der Waals surface area contributed by atoms with Gasteiger partial charge in [-0.15, -0.1) is 10.2 Å². The lowest BCUT2D eigenvalue weighted by Crippen LogP contribution is -2.34. The summed E-state index contributed by atoms with van der Waals surface area (Å²) in [7, 11) is 3.53. The lowest BCUT2D eigenvalue weighted by Gasteiger charge is -2.16. The summed E-state index contributed by atoms with van der Waals surface area (Å²) < 4.78 is 5.72. The average molecular weight is 462 g/mol. The predicted molar refractivity (Wildman–Crippen MR) is 129 cm³/mol. The van der Waals surface area contributed by atoms with Crippen LogP contribution in [0.25, 0.3) is 21.1 Å². The van der Waals surface area contributed by atoms with E-state index in [1.165, 1.54) is 22.5 Å². The number of carbonyl (C=O) groups is 1. The highest BCUT2D eigenvalue weighted by Gasteiger charge is 2.26. The Labute approximate surface area is 198 Å². The first-order valence-corrected chi connectivity index (χ1v) is 11.8. The zero-order valence-corrected chi connectivity index (χ0v) is 20.1. The topological polar surface area (TPSA) is 91.1 Å². The maximum Gasteiger partial charge on any atom is 0.236 e. The van der Waals surface area contributed by atoms with E-state index in [2.05, 4.69) is 33.7 Å². The van der Waals surface area contributed by atoms with Gasteiger partial charge in [-0.05, 0) is 56.0 Å². The molecule has 1 aliphatic rings. The number of nitriles is 1. The van der Waals surface area contributed by atoms with E-state index in [0.29, 0.717) is 17.9 Å². The third-order valence-corrected chi connectivity index (χ3v) is 6.64. The molecule has 0 unspecified atom stereocenters. The summed E-state index contributed by atoms with van der Waals surface area (Å²) in [6.07, 6.45) is 1.87. The number of hydrogen-bond donors (Lipinski definition) is 1. The minimum Gasteiger partial charge on any atom is -0.490 e. The predicted octanol–water partition coefficient (Wildman–Crippen LogP) is 4.20. The number of hydrogen-bond acceptors (Lipinski definition) is 7. The van der Waals surface area contributed by atoms with Gasteiger partial charge in [0.05, 0.1) is 18.2 Å². The summed E-state index contributed by atoms with van der Waals surface area (Å²) in [4.78, 5) is 13.6. The zero-order valence-electron chi connectivity index (χ0n) is 19.3. The summed E-state index contributed by atoms with van der Waals surface area (Å²) in [6, 6.07) is 14.1. The van der Waals surface area contributed by atoms with Gasteiger partial charge in [0, 0.05) is 31.3 Å². The number of benzene rings is 2. The number of rotatable bonds is 7. The van der Waals surface area contributed by atoms with Crippen LogP contribution in [-0.2, 0) is 11.2 Å². The minimum absolute atomic E-state index is 0.00410. The first-order chi connectivity index (χ1) is 15.9. The van der Waals surface area contributed by atoms with E-state index in [-0.39, 0.29) is 18.1 Å². The normalized spacial score (nSPS) is 14.7. The smallest absolute Gasteiger partial charge is 0.236 e. The molecule has 0 fully saturated rings. The molecule has 2 aromatic carbocycles. The van der Waals surface area contributed by atoms with E-state index in [1.54, 1.807) is 25.1 Å². The quantitative estimate of drug-likeness (QED) is 0.567. The summed E-state index contributed by atoms with van der Waals surface area (Å²) in [6.45, 7) is 4.19. The molecular formula is C25H27N5O2S. The fourth-order valence-electron chi connectivity index (χ4n) is 3.99. The van der Waals surface area contributed by atoms with Crippen LogP contribution in [0.1, 0.15) is 43.0 Å². The van der Waals surface area contributed by atoms with E-state index < -0.39 is 0 Å². The van der Waals surface area contributed by atoms with E-state index in [4.69, 9.17) is 4.74 Å².